The number of para-hydroxylation sites is 1. The zero-order chi connectivity index (χ0) is 24.8. The SMILES string of the molecule is CN(C)c1ccccc1C1CCN(c2nc(C3(F)CCC3)nc3ccc(CC(C)(N)O)cc23)CC1. The van der Waals surface area contributed by atoms with E-state index in [2.05, 4.69) is 53.1 Å². The predicted molar refractivity (Wildman–Crippen MR) is 140 cm³/mol. The van der Waals surface area contributed by atoms with Crippen LogP contribution in [-0.2, 0) is 12.1 Å². The molecule has 1 atom stereocenters. The van der Waals surface area contributed by atoms with Crippen LogP contribution in [0, 0.1) is 0 Å². The van der Waals surface area contributed by atoms with Gasteiger partial charge < -0.3 is 20.6 Å². The minimum atomic E-state index is -1.43. The van der Waals surface area contributed by atoms with Gasteiger partial charge in [-0.3, -0.25) is 0 Å². The standard InChI is InChI=1S/C28H36FN5O/c1-27(30,35)18-19-9-10-23-22(17-19)25(32-26(31-23)28(29)13-6-14-28)34-15-11-20(12-16-34)21-7-4-5-8-24(21)33(2)3/h4-5,7-10,17,20,35H,6,11-16,18,30H2,1-3H3. The molecule has 1 aromatic heterocycles. The molecule has 1 saturated carbocycles. The van der Waals surface area contributed by atoms with Crippen molar-refractivity contribution in [2.24, 2.45) is 5.73 Å². The zero-order valence-corrected chi connectivity index (χ0v) is 21.0. The monoisotopic (exact) mass is 477 g/mol. The van der Waals surface area contributed by atoms with E-state index >= 15 is 4.39 Å². The summed E-state index contributed by atoms with van der Waals surface area (Å²) in [5.74, 6) is 1.58. The number of hydrogen-bond donors (Lipinski definition) is 2. The highest BCUT2D eigenvalue weighted by molar-refractivity contribution is 5.90. The molecule has 1 saturated heterocycles. The van der Waals surface area contributed by atoms with Crippen molar-refractivity contribution in [1.29, 1.82) is 0 Å². The van der Waals surface area contributed by atoms with E-state index in [-0.39, 0.29) is 0 Å². The average Bonchev–Trinajstić information content (AvgIpc) is 2.81. The summed E-state index contributed by atoms with van der Waals surface area (Å²) in [7, 11) is 4.18. The quantitative estimate of drug-likeness (QED) is 0.504. The van der Waals surface area contributed by atoms with Crippen molar-refractivity contribution in [2.45, 2.75) is 62.8 Å². The van der Waals surface area contributed by atoms with Crippen LogP contribution in [0.4, 0.5) is 15.9 Å². The molecule has 1 unspecified atom stereocenters. The molecule has 0 amide bonds. The second kappa shape index (κ2) is 9.03. The van der Waals surface area contributed by atoms with E-state index in [1.807, 2.05) is 18.2 Å². The van der Waals surface area contributed by atoms with Crippen molar-refractivity contribution in [2.75, 3.05) is 37.0 Å². The van der Waals surface area contributed by atoms with Crippen molar-refractivity contribution >= 4 is 22.4 Å². The van der Waals surface area contributed by atoms with Gasteiger partial charge in [0, 0.05) is 44.7 Å². The van der Waals surface area contributed by atoms with E-state index < -0.39 is 11.4 Å². The largest absolute Gasteiger partial charge is 0.377 e. The molecule has 3 aromatic rings. The van der Waals surface area contributed by atoms with Crippen LogP contribution in [0.5, 0.6) is 0 Å². The van der Waals surface area contributed by atoms with Gasteiger partial charge in [0.05, 0.1) is 5.52 Å². The minimum Gasteiger partial charge on any atom is -0.377 e. The van der Waals surface area contributed by atoms with E-state index in [1.165, 1.54) is 11.3 Å². The second-order valence-electron chi connectivity index (χ2n) is 10.8. The number of alkyl halides is 1. The zero-order valence-electron chi connectivity index (χ0n) is 21.0. The molecular weight excluding hydrogens is 441 g/mol. The first-order valence-corrected chi connectivity index (χ1v) is 12.7. The normalized spacial score (nSPS) is 19.9. The number of hydrogen-bond acceptors (Lipinski definition) is 6. The fraction of sp³-hybridized carbons (Fsp3) is 0.500. The number of aliphatic hydroxyl groups is 1. The van der Waals surface area contributed by atoms with Gasteiger partial charge in [0.1, 0.15) is 11.5 Å². The van der Waals surface area contributed by atoms with E-state index in [9.17, 15) is 5.11 Å². The second-order valence-corrected chi connectivity index (χ2v) is 10.8. The Kier molecular flexibility index (Phi) is 6.18. The van der Waals surface area contributed by atoms with Gasteiger partial charge in [-0.2, -0.15) is 0 Å². The summed E-state index contributed by atoms with van der Waals surface area (Å²) in [6, 6.07) is 14.5. The van der Waals surface area contributed by atoms with Gasteiger partial charge in [-0.15, -0.1) is 0 Å². The Morgan fingerprint density at radius 1 is 1.14 bits per heavy atom. The first kappa shape index (κ1) is 23.9. The van der Waals surface area contributed by atoms with E-state index in [0.717, 1.165) is 54.6 Å². The summed E-state index contributed by atoms with van der Waals surface area (Å²) in [6.07, 6.45) is 4.16. The maximum absolute atomic E-state index is 15.4. The summed E-state index contributed by atoms with van der Waals surface area (Å²) in [4.78, 5) is 13.9. The molecule has 6 nitrogen and oxygen atoms in total. The molecule has 0 radical (unpaired) electrons. The lowest BCUT2D eigenvalue weighted by Crippen LogP contribution is -2.38. The van der Waals surface area contributed by atoms with Gasteiger partial charge in [-0.25, -0.2) is 14.4 Å². The number of piperidine rings is 1. The highest BCUT2D eigenvalue weighted by Crippen LogP contribution is 2.45. The molecular formula is C28H36FN5O. The third-order valence-electron chi connectivity index (χ3n) is 7.50. The lowest BCUT2D eigenvalue weighted by Gasteiger charge is -2.36. The van der Waals surface area contributed by atoms with E-state index in [4.69, 9.17) is 10.7 Å². The molecule has 2 aromatic carbocycles. The van der Waals surface area contributed by atoms with Crippen LogP contribution in [-0.4, -0.2) is 48.0 Å². The lowest BCUT2D eigenvalue weighted by atomic mass is 9.81. The summed E-state index contributed by atoms with van der Waals surface area (Å²) in [5.41, 5.74) is 7.44. The predicted octanol–water partition coefficient (Wildman–Crippen LogP) is 4.64. The van der Waals surface area contributed by atoms with Crippen molar-refractivity contribution in [1.82, 2.24) is 9.97 Å². The van der Waals surface area contributed by atoms with Crippen LogP contribution in [0.3, 0.4) is 0 Å². The Balaban J connectivity index is 1.48. The Labute approximate surface area is 207 Å². The van der Waals surface area contributed by atoms with E-state index in [1.54, 1.807) is 6.92 Å². The van der Waals surface area contributed by atoms with Crippen LogP contribution >= 0.6 is 0 Å². The highest BCUT2D eigenvalue weighted by Gasteiger charge is 2.42. The fourth-order valence-electron chi connectivity index (χ4n) is 5.48. The van der Waals surface area contributed by atoms with Crippen molar-refractivity contribution in [3.63, 3.8) is 0 Å². The van der Waals surface area contributed by atoms with Crippen LogP contribution in [0.2, 0.25) is 0 Å². The smallest absolute Gasteiger partial charge is 0.170 e. The maximum Gasteiger partial charge on any atom is 0.170 e. The van der Waals surface area contributed by atoms with Crippen LogP contribution in [0.15, 0.2) is 42.5 Å². The molecule has 1 aliphatic carbocycles. The van der Waals surface area contributed by atoms with Gasteiger partial charge in [-0.05, 0) is 74.3 Å². The Morgan fingerprint density at radius 2 is 1.86 bits per heavy atom. The number of aromatic nitrogens is 2. The first-order valence-electron chi connectivity index (χ1n) is 12.7. The average molecular weight is 478 g/mol. The number of rotatable bonds is 6. The number of nitrogens with zero attached hydrogens (tertiary/aromatic N) is 4. The molecule has 5 rings (SSSR count). The molecule has 7 heteroatoms. The van der Waals surface area contributed by atoms with Crippen LogP contribution < -0.4 is 15.5 Å². The Morgan fingerprint density at radius 3 is 2.49 bits per heavy atom. The van der Waals surface area contributed by atoms with Crippen LogP contribution in [0.25, 0.3) is 10.9 Å². The maximum atomic E-state index is 15.4. The van der Waals surface area contributed by atoms with Crippen molar-refractivity contribution < 1.29 is 9.50 Å². The molecule has 186 valence electrons. The molecule has 0 spiro atoms. The number of fused-ring (bicyclic) bond motifs is 1. The minimum absolute atomic E-state index is 0.310. The van der Waals surface area contributed by atoms with Gasteiger partial charge in [0.25, 0.3) is 0 Å². The summed E-state index contributed by atoms with van der Waals surface area (Å²) in [5, 5.41) is 11.0. The van der Waals surface area contributed by atoms with Crippen molar-refractivity contribution in [3.05, 3.63) is 59.4 Å². The molecule has 3 N–H and O–H groups in total. The third kappa shape index (κ3) is 4.84. The number of halogens is 1. The molecule has 0 bridgehead atoms. The van der Waals surface area contributed by atoms with Gasteiger partial charge in [0.2, 0.25) is 0 Å². The number of benzene rings is 2. The fourth-order valence-corrected chi connectivity index (χ4v) is 5.48. The summed E-state index contributed by atoms with van der Waals surface area (Å²) in [6.45, 7) is 3.28. The van der Waals surface area contributed by atoms with Crippen molar-refractivity contribution in [3.8, 4) is 0 Å². The molecule has 2 fully saturated rings. The topological polar surface area (TPSA) is 78.5 Å². The van der Waals surface area contributed by atoms with Gasteiger partial charge in [-0.1, -0.05) is 24.3 Å². The highest BCUT2D eigenvalue weighted by atomic mass is 19.1. The van der Waals surface area contributed by atoms with Gasteiger partial charge >= 0.3 is 0 Å². The molecule has 2 aliphatic rings. The lowest BCUT2D eigenvalue weighted by molar-refractivity contribution is 0.0512. The summed E-state index contributed by atoms with van der Waals surface area (Å²) >= 11 is 0. The summed E-state index contributed by atoms with van der Waals surface area (Å²) < 4.78 is 15.4. The third-order valence-corrected chi connectivity index (χ3v) is 7.50. The Bertz CT molecular complexity index is 1210. The van der Waals surface area contributed by atoms with E-state index in [0.29, 0.717) is 31.0 Å². The van der Waals surface area contributed by atoms with Crippen LogP contribution in [0.1, 0.15) is 61.9 Å². The first-order chi connectivity index (χ1) is 16.6. The molecule has 2 heterocycles. The number of anilines is 2. The van der Waals surface area contributed by atoms with Gasteiger partial charge in [0.15, 0.2) is 11.5 Å². The number of nitrogens with two attached hydrogens (primary N) is 1. The Hall–Kier alpha value is -2.77. The molecule has 1 aliphatic heterocycles. The molecule has 35 heavy (non-hydrogen) atoms.